The van der Waals surface area contributed by atoms with E-state index in [2.05, 4.69) is 40.7 Å². The summed E-state index contributed by atoms with van der Waals surface area (Å²) in [6.45, 7) is 7.12. The fourth-order valence-electron chi connectivity index (χ4n) is 2.69. The molecular weight excluding hydrogens is 354 g/mol. The second kappa shape index (κ2) is 11.9. The number of aryl methyl sites for hydroxylation is 1. The van der Waals surface area contributed by atoms with Gasteiger partial charge in [0.15, 0.2) is 5.96 Å². The maximum absolute atomic E-state index is 5.73. The summed E-state index contributed by atoms with van der Waals surface area (Å²) in [5.74, 6) is 2.48. The molecule has 0 aromatic heterocycles. The van der Waals surface area contributed by atoms with E-state index in [4.69, 9.17) is 14.2 Å². The van der Waals surface area contributed by atoms with Gasteiger partial charge in [-0.15, -0.1) is 0 Å². The quantitative estimate of drug-likeness (QED) is 0.373. The maximum atomic E-state index is 5.73. The Morgan fingerprint density at radius 3 is 2.71 bits per heavy atom. The largest absolute Gasteiger partial charge is 0.497 e. The molecule has 0 radical (unpaired) electrons. The van der Waals surface area contributed by atoms with Crippen molar-refractivity contribution >= 4 is 5.96 Å². The molecule has 0 aliphatic heterocycles. The van der Waals surface area contributed by atoms with Crippen LogP contribution in [0.25, 0.3) is 0 Å². The molecule has 0 amide bonds. The first-order valence-corrected chi connectivity index (χ1v) is 9.53. The molecule has 0 spiro atoms. The summed E-state index contributed by atoms with van der Waals surface area (Å²) in [7, 11) is 3.42. The number of nitrogens with one attached hydrogen (secondary N) is 2. The van der Waals surface area contributed by atoms with Gasteiger partial charge in [-0.25, -0.2) is 0 Å². The molecule has 0 atom stereocenters. The van der Waals surface area contributed by atoms with Crippen LogP contribution in [0, 0.1) is 6.92 Å². The molecule has 2 N–H and O–H groups in total. The SMILES string of the molecule is CCOc1cc(C)ccc1CNC(=NC)NCCOCc1cccc(OC)c1. The smallest absolute Gasteiger partial charge is 0.191 e. The Balaban J connectivity index is 1.73. The van der Waals surface area contributed by atoms with E-state index in [0.717, 1.165) is 28.6 Å². The molecule has 152 valence electrons. The molecule has 2 aromatic carbocycles. The Morgan fingerprint density at radius 1 is 1.11 bits per heavy atom. The topological polar surface area (TPSA) is 64.1 Å². The lowest BCUT2D eigenvalue weighted by Crippen LogP contribution is -2.38. The summed E-state index contributed by atoms with van der Waals surface area (Å²) >= 11 is 0. The van der Waals surface area contributed by atoms with Crippen LogP contribution in [-0.2, 0) is 17.9 Å². The van der Waals surface area contributed by atoms with Crippen molar-refractivity contribution in [2.75, 3.05) is 33.9 Å². The van der Waals surface area contributed by atoms with Gasteiger partial charge in [0.1, 0.15) is 11.5 Å². The molecule has 2 rings (SSSR count). The Labute approximate surface area is 167 Å². The summed E-state index contributed by atoms with van der Waals surface area (Å²) in [5.41, 5.74) is 3.37. The monoisotopic (exact) mass is 385 g/mol. The number of rotatable bonds is 10. The van der Waals surface area contributed by atoms with Gasteiger partial charge in [-0.2, -0.15) is 0 Å². The van der Waals surface area contributed by atoms with E-state index in [1.807, 2.05) is 31.2 Å². The van der Waals surface area contributed by atoms with Crippen LogP contribution in [0.15, 0.2) is 47.5 Å². The van der Waals surface area contributed by atoms with Gasteiger partial charge in [0.2, 0.25) is 0 Å². The van der Waals surface area contributed by atoms with Crippen LogP contribution in [0.3, 0.4) is 0 Å². The van der Waals surface area contributed by atoms with Crippen LogP contribution in [0.4, 0.5) is 0 Å². The average molecular weight is 386 g/mol. The van der Waals surface area contributed by atoms with Gasteiger partial charge < -0.3 is 24.8 Å². The van der Waals surface area contributed by atoms with Gasteiger partial charge in [-0.3, -0.25) is 4.99 Å². The van der Waals surface area contributed by atoms with Gasteiger partial charge in [0.05, 0.1) is 26.9 Å². The molecule has 0 saturated heterocycles. The Morgan fingerprint density at radius 2 is 1.96 bits per heavy atom. The van der Waals surface area contributed by atoms with E-state index in [1.54, 1.807) is 14.2 Å². The third-order valence-corrected chi connectivity index (χ3v) is 4.13. The van der Waals surface area contributed by atoms with Crippen molar-refractivity contribution in [2.24, 2.45) is 4.99 Å². The first-order chi connectivity index (χ1) is 13.7. The maximum Gasteiger partial charge on any atom is 0.191 e. The summed E-state index contributed by atoms with van der Waals surface area (Å²) in [4.78, 5) is 4.26. The zero-order valence-electron chi connectivity index (χ0n) is 17.2. The van der Waals surface area contributed by atoms with Crippen LogP contribution in [0.5, 0.6) is 11.5 Å². The van der Waals surface area contributed by atoms with Gasteiger partial charge in [-0.1, -0.05) is 24.3 Å². The molecule has 6 nitrogen and oxygen atoms in total. The molecule has 0 unspecified atom stereocenters. The van der Waals surface area contributed by atoms with Gasteiger partial charge >= 0.3 is 0 Å². The minimum absolute atomic E-state index is 0.548. The summed E-state index contributed by atoms with van der Waals surface area (Å²) in [6, 6.07) is 14.1. The van der Waals surface area contributed by atoms with E-state index < -0.39 is 0 Å². The summed E-state index contributed by atoms with van der Waals surface area (Å²) in [5, 5.41) is 6.57. The van der Waals surface area contributed by atoms with E-state index in [-0.39, 0.29) is 0 Å². The van der Waals surface area contributed by atoms with Crippen molar-refractivity contribution in [1.82, 2.24) is 10.6 Å². The molecule has 28 heavy (non-hydrogen) atoms. The Hall–Kier alpha value is -2.73. The van der Waals surface area contributed by atoms with E-state index in [1.165, 1.54) is 5.56 Å². The van der Waals surface area contributed by atoms with Gasteiger partial charge in [-0.05, 0) is 43.2 Å². The predicted molar refractivity (Wildman–Crippen MR) is 113 cm³/mol. The van der Waals surface area contributed by atoms with Crippen molar-refractivity contribution in [3.05, 3.63) is 59.2 Å². The highest BCUT2D eigenvalue weighted by Crippen LogP contribution is 2.20. The normalized spacial score (nSPS) is 11.2. The van der Waals surface area contributed by atoms with E-state index in [9.17, 15) is 0 Å². The lowest BCUT2D eigenvalue weighted by atomic mass is 10.1. The number of nitrogens with zero attached hydrogens (tertiary/aromatic N) is 1. The molecule has 0 heterocycles. The molecular formula is C22H31N3O3. The summed E-state index contributed by atoms with van der Waals surface area (Å²) < 4.78 is 16.7. The molecule has 0 saturated carbocycles. The van der Waals surface area contributed by atoms with Crippen LogP contribution in [0.2, 0.25) is 0 Å². The van der Waals surface area contributed by atoms with Crippen molar-refractivity contribution in [2.45, 2.75) is 27.0 Å². The minimum Gasteiger partial charge on any atom is -0.497 e. The highest BCUT2D eigenvalue weighted by atomic mass is 16.5. The number of aliphatic imine (C=N–C) groups is 1. The van der Waals surface area contributed by atoms with E-state index >= 15 is 0 Å². The molecule has 0 bridgehead atoms. The number of guanidine groups is 1. The summed E-state index contributed by atoms with van der Waals surface area (Å²) in [6.07, 6.45) is 0. The molecule has 0 fully saturated rings. The van der Waals surface area contributed by atoms with Crippen LogP contribution in [-0.4, -0.2) is 39.9 Å². The van der Waals surface area contributed by atoms with E-state index in [0.29, 0.717) is 32.9 Å². The predicted octanol–water partition coefficient (Wildman–Crippen LogP) is 3.28. The number of ether oxygens (including phenoxy) is 3. The number of hydrogen-bond donors (Lipinski definition) is 2. The molecule has 0 aliphatic rings. The lowest BCUT2D eigenvalue weighted by molar-refractivity contribution is 0.125. The van der Waals surface area contributed by atoms with Crippen LogP contribution < -0.4 is 20.1 Å². The fraction of sp³-hybridized carbons (Fsp3) is 0.409. The zero-order valence-corrected chi connectivity index (χ0v) is 17.2. The fourth-order valence-corrected chi connectivity index (χ4v) is 2.69. The van der Waals surface area contributed by atoms with Crippen molar-refractivity contribution in [3.8, 4) is 11.5 Å². The second-order valence-corrected chi connectivity index (χ2v) is 6.30. The third kappa shape index (κ3) is 7.12. The Bertz CT molecular complexity index is 762. The Kier molecular flexibility index (Phi) is 9.15. The van der Waals surface area contributed by atoms with Gasteiger partial charge in [0.25, 0.3) is 0 Å². The third-order valence-electron chi connectivity index (χ3n) is 4.13. The van der Waals surface area contributed by atoms with Crippen molar-refractivity contribution in [1.29, 1.82) is 0 Å². The first kappa shape index (κ1) is 21.6. The number of methoxy groups -OCH3 is 1. The lowest BCUT2D eigenvalue weighted by Gasteiger charge is -2.15. The number of benzene rings is 2. The van der Waals surface area contributed by atoms with Crippen molar-refractivity contribution in [3.63, 3.8) is 0 Å². The van der Waals surface area contributed by atoms with Crippen molar-refractivity contribution < 1.29 is 14.2 Å². The van der Waals surface area contributed by atoms with Gasteiger partial charge in [0, 0.05) is 25.7 Å². The highest BCUT2D eigenvalue weighted by molar-refractivity contribution is 5.79. The number of hydrogen-bond acceptors (Lipinski definition) is 4. The molecule has 2 aromatic rings. The second-order valence-electron chi connectivity index (χ2n) is 6.30. The molecule has 0 aliphatic carbocycles. The minimum atomic E-state index is 0.548. The molecule has 6 heteroatoms. The van der Waals surface area contributed by atoms with Crippen LogP contribution >= 0.6 is 0 Å². The average Bonchev–Trinajstić information content (AvgIpc) is 2.71. The highest BCUT2D eigenvalue weighted by Gasteiger charge is 2.05. The first-order valence-electron chi connectivity index (χ1n) is 9.53. The zero-order chi connectivity index (χ0) is 20.2. The standard InChI is InChI=1S/C22H31N3O3/c1-5-28-21-13-17(2)9-10-19(21)15-25-22(23-3)24-11-12-27-16-18-7-6-8-20(14-18)26-4/h6-10,13-14H,5,11-12,15-16H2,1-4H3,(H2,23,24,25). The van der Waals surface area contributed by atoms with Crippen LogP contribution in [0.1, 0.15) is 23.6 Å².